The highest BCUT2D eigenvalue weighted by atomic mass is 32.1. The predicted molar refractivity (Wildman–Crippen MR) is 113 cm³/mol. The van der Waals surface area contributed by atoms with Crippen molar-refractivity contribution in [2.45, 2.75) is 11.4 Å². The van der Waals surface area contributed by atoms with Crippen molar-refractivity contribution in [1.29, 1.82) is 0 Å². The van der Waals surface area contributed by atoms with Gasteiger partial charge in [-0.2, -0.15) is 12.6 Å². The minimum Gasteiger partial charge on any atom is -0.496 e. The molecule has 0 fully saturated rings. The molecule has 1 aliphatic heterocycles. The van der Waals surface area contributed by atoms with Crippen LogP contribution in [0.5, 0.6) is 5.75 Å². The number of hydrogen-bond acceptors (Lipinski definition) is 5. The first kappa shape index (κ1) is 17.9. The van der Waals surface area contributed by atoms with Gasteiger partial charge in [-0.3, -0.25) is 4.99 Å². The van der Waals surface area contributed by atoms with E-state index in [4.69, 9.17) is 17.4 Å². The minimum atomic E-state index is -0.451. The van der Waals surface area contributed by atoms with Crippen molar-refractivity contribution in [3.8, 4) is 5.75 Å². The van der Waals surface area contributed by atoms with Crippen LogP contribution in [0.15, 0.2) is 65.7 Å². The molecule has 2 N–H and O–H groups in total. The fourth-order valence-corrected chi connectivity index (χ4v) is 4.06. The van der Waals surface area contributed by atoms with E-state index in [-0.39, 0.29) is 5.25 Å². The molecule has 4 nitrogen and oxygen atoms in total. The van der Waals surface area contributed by atoms with Gasteiger partial charge in [0, 0.05) is 17.7 Å². The molecule has 138 valence electrons. The highest BCUT2D eigenvalue weighted by Crippen LogP contribution is 2.40. The normalized spacial score (nSPS) is 17.9. The van der Waals surface area contributed by atoms with Crippen molar-refractivity contribution in [2.75, 3.05) is 20.2 Å². The Hall–Kier alpha value is -2.50. The number of hydrogen-bond donors (Lipinski definition) is 3. The number of nitrogens with one attached hydrogen (secondary N) is 1. The van der Waals surface area contributed by atoms with Gasteiger partial charge in [0.1, 0.15) is 11.6 Å². The number of nitrogens with zero attached hydrogens (tertiary/aromatic N) is 1. The van der Waals surface area contributed by atoms with E-state index in [2.05, 4.69) is 40.6 Å². The summed E-state index contributed by atoms with van der Waals surface area (Å²) in [5.41, 5.74) is 3.05. The van der Waals surface area contributed by atoms with Gasteiger partial charge in [-0.05, 0) is 22.4 Å². The van der Waals surface area contributed by atoms with E-state index >= 15 is 0 Å². The number of ether oxygens (including phenoxy) is 1. The Kier molecular flexibility index (Phi) is 5.05. The molecule has 2 atom stereocenters. The van der Waals surface area contributed by atoms with E-state index in [1.807, 2.05) is 30.3 Å². The lowest BCUT2D eigenvalue weighted by Crippen LogP contribution is -2.39. The summed E-state index contributed by atoms with van der Waals surface area (Å²) in [5.74, 6) is 1.55. The van der Waals surface area contributed by atoms with Crippen LogP contribution in [0.1, 0.15) is 21.9 Å². The van der Waals surface area contributed by atoms with Gasteiger partial charge in [-0.25, -0.2) is 0 Å². The molecule has 0 saturated carbocycles. The number of benzene rings is 3. The number of aliphatic hydroxyl groups is 1. The van der Waals surface area contributed by atoms with Crippen LogP contribution >= 0.6 is 12.6 Å². The standard InChI is InChI=1S/C22H22N2O2S/c1-26-19-11-5-10-18(22-23-12-15(25)13-24-22)20(19)21(27)17-9-4-7-14-6-2-3-8-16(14)17/h2-11,15,21,25,27H,12-13H2,1H3,(H,23,24). The fraction of sp³-hybridized carbons (Fsp3) is 0.227. The smallest absolute Gasteiger partial charge is 0.128 e. The molecule has 1 heterocycles. The van der Waals surface area contributed by atoms with Gasteiger partial charge >= 0.3 is 0 Å². The van der Waals surface area contributed by atoms with Gasteiger partial charge in [-0.1, -0.05) is 54.6 Å². The molecular weight excluding hydrogens is 356 g/mol. The van der Waals surface area contributed by atoms with E-state index in [0.29, 0.717) is 13.1 Å². The second-order valence-corrected chi connectivity index (χ2v) is 7.13. The van der Waals surface area contributed by atoms with Crippen molar-refractivity contribution in [1.82, 2.24) is 5.32 Å². The summed E-state index contributed by atoms with van der Waals surface area (Å²) in [5, 5.41) is 15.1. The average Bonchev–Trinajstić information content (AvgIpc) is 2.73. The lowest BCUT2D eigenvalue weighted by molar-refractivity contribution is 0.181. The highest BCUT2D eigenvalue weighted by molar-refractivity contribution is 7.80. The maximum absolute atomic E-state index is 9.74. The highest BCUT2D eigenvalue weighted by Gasteiger charge is 2.24. The topological polar surface area (TPSA) is 53.9 Å². The first-order valence-corrected chi connectivity index (χ1v) is 9.50. The minimum absolute atomic E-state index is 0.182. The van der Waals surface area contributed by atoms with Gasteiger partial charge in [0.15, 0.2) is 0 Å². The zero-order valence-corrected chi connectivity index (χ0v) is 16.0. The average molecular weight is 378 g/mol. The molecule has 27 heavy (non-hydrogen) atoms. The largest absolute Gasteiger partial charge is 0.496 e. The Bertz CT molecular complexity index is 997. The van der Waals surface area contributed by atoms with Crippen molar-refractivity contribution in [3.63, 3.8) is 0 Å². The number of rotatable bonds is 4. The number of methoxy groups -OCH3 is 1. The van der Waals surface area contributed by atoms with Crippen molar-refractivity contribution < 1.29 is 9.84 Å². The second kappa shape index (κ2) is 7.62. The van der Waals surface area contributed by atoms with Crippen LogP contribution in [0.3, 0.4) is 0 Å². The molecule has 0 amide bonds. The first-order valence-electron chi connectivity index (χ1n) is 8.98. The number of β-amino-alcohol motifs (C(OH)–C–C–N with tert-alkyl or cyclic N) is 1. The molecule has 3 aromatic rings. The van der Waals surface area contributed by atoms with Crippen molar-refractivity contribution in [3.05, 3.63) is 77.4 Å². The van der Waals surface area contributed by atoms with E-state index in [0.717, 1.165) is 28.3 Å². The molecular formula is C22H22N2O2S. The zero-order valence-electron chi connectivity index (χ0n) is 15.1. The van der Waals surface area contributed by atoms with E-state index < -0.39 is 6.10 Å². The van der Waals surface area contributed by atoms with Crippen LogP contribution in [0, 0.1) is 0 Å². The zero-order chi connectivity index (χ0) is 18.8. The molecule has 0 spiro atoms. The molecule has 3 aromatic carbocycles. The van der Waals surface area contributed by atoms with E-state index in [1.165, 1.54) is 10.8 Å². The second-order valence-electron chi connectivity index (χ2n) is 6.62. The van der Waals surface area contributed by atoms with Gasteiger partial charge < -0.3 is 15.2 Å². The van der Waals surface area contributed by atoms with Crippen LogP contribution in [-0.2, 0) is 0 Å². The molecule has 4 rings (SSSR count). The van der Waals surface area contributed by atoms with Gasteiger partial charge in [0.2, 0.25) is 0 Å². The molecule has 0 aromatic heterocycles. The van der Waals surface area contributed by atoms with Gasteiger partial charge in [0.05, 0.1) is 25.0 Å². The Morgan fingerprint density at radius 2 is 1.89 bits per heavy atom. The van der Waals surface area contributed by atoms with Crippen molar-refractivity contribution >= 4 is 29.2 Å². The van der Waals surface area contributed by atoms with Crippen LogP contribution in [0.2, 0.25) is 0 Å². The third kappa shape index (κ3) is 3.40. The fourth-order valence-electron chi connectivity index (χ4n) is 3.57. The summed E-state index contributed by atoms with van der Waals surface area (Å²) in [6.45, 7) is 0.880. The monoisotopic (exact) mass is 378 g/mol. The summed E-state index contributed by atoms with van der Waals surface area (Å²) < 4.78 is 5.67. The maximum atomic E-state index is 9.74. The Morgan fingerprint density at radius 3 is 2.67 bits per heavy atom. The van der Waals surface area contributed by atoms with E-state index in [1.54, 1.807) is 7.11 Å². The predicted octanol–water partition coefficient (Wildman–Crippen LogP) is 3.58. The van der Waals surface area contributed by atoms with E-state index in [9.17, 15) is 5.11 Å². The summed E-state index contributed by atoms with van der Waals surface area (Å²) in [6, 6.07) is 20.5. The van der Waals surface area contributed by atoms with Crippen LogP contribution in [0.4, 0.5) is 0 Å². The lowest BCUT2D eigenvalue weighted by Gasteiger charge is -2.25. The molecule has 5 heteroatoms. The third-order valence-corrected chi connectivity index (χ3v) is 5.43. The molecule has 0 radical (unpaired) electrons. The van der Waals surface area contributed by atoms with Crippen LogP contribution in [-0.4, -0.2) is 37.2 Å². The number of amidine groups is 1. The number of aliphatic hydroxyl groups excluding tert-OH is 1. The Labute approximate surface area is 164 Å². The van der Waals surface area contributed by atoms with Crippen molar-refractivity contribution in [2.24, 2.45) is 4.99 Å². The molecule has 0 bridgehead atoms. The summed E-state index contributed by atoms with van der Waals surface area (Å²) in [7, 11) is 1.67. The van der Waals surface area contributed by atoms with Crippen LogP contribution < -0.4 is 10.1 Å². The first-order chi connectivity index (χ1) is 13.2. The van der Waals surface area contributed by atoms with Gasteiger partial charge in [0.25, 0.3) is 0 Å². The quantitative estimate of drug-likeness (QED) is 0.608. The van der Waals surface area contributed by atoms with Gasteiger partial charge in [-0.15, -0.1) is 0 Å². The Balaban J connectivity index is 1.87. The third-order valence-electron chi connectivity index (χ3n) is 4.90. The number of thiol groups is 1. The summed E-state index contributed by atoms with van der Waals surface area (Å²) >= 11 is 5.00. The Morgan fingerprint density at radius 1 is 1.11 bits per heavy atom. The summed E-state index contributed by atoms with van der Waals surface area (Å²) in [4.78, 5) is 4.52. The maximum Gasteiger partial charge on any atom is 0.128 e. The SMILES string of the molecule is COc1cccc(C2=NCC(O)CN2)c1C(S)c1cccc2ccccc12. The number of aliphatic imine (C=N–C) groups is 1. The molecule has 1 aliphatic rings. The molecule has 0 saturated heterocycles. The summed E-state index contributed by atoms with van der Waals surface area (Å²) in [6.07, 6.45) is -0.451. The number of fused-ring (bicyclic) bond motifs is 1. The lowest BCUT2D eigenvalue weighted by atomic mass is 9.93. The van der Waals surface area contributed by atoms with Crippen LogP contribution in [0.25, 0.3) is 10.8 Å². The molecule has 2 unspecified atom stereocenters. The molecule has 0 aliphatic carbocycles.